The Morgan fingerprint density at radius 2 is 2.00 bits per heavy atom. The van der Waals surface area contributed by atoms with Gasteiger partial charge in [0.25, 0.3) is 10.0 Å². The van der Waals surface area contributed by atoms with Gasteiger partial charge in [-0.3, -0.25) is 4.72 Å². The third kappa shape index (κ3) is 2.58. The second-order valence-corrected chi connectivity index (χ2v) is 5.96. The normalized spacial score (nSPS) is 10.8. The van der Waals surface area contributed by atoms with Crippen molar-refractivity contribution in [1.82, 2.24) is 9.97 Å². The minimum absolute atomic E-state index is 0.0814. The van der Waals surface area contributed by atoms with E-state index in [0.717, 1.165) is 11.3 Å². The third-order valence-corrected chi connectivity index (χ3v) is 4.63. The topological polar surface area (TPSA) is 95.7 Å². The van der Waals surface area contributed by atoms with Crippen LogP contribution in [0.3, 0.4) is 0 Å². The number of rotatable bonds is 3. The molecule has 2 aromatic heterocycles. The lowest BCUT2D eigenvalue weighted by molar-refractivity contribution is 0.603. The number of aromatic nitrogens is 2. The average molecular weight is 266 g/mol. The summed E-state index contributed by atoms with van der Waals surface area (Å²) in [5, 5.41) is 8.63. The first-order chi connectivity index (χ1) is 8.12. The van der Waals surface area contributed by atoms with Crippen molar-refractivity contribution in [1.29, 1.82) is 5.26 Å². The number of nitrogens with one attached hydrogen (secondary N) is 1. The van der Waals surface area contributed by atoms with Gasteiger partial charge in [0.2, 0.25) is 0 Å². The highest BCUT2D eigenvalue weighted by molar-refractivity contribution is 7.94. The van der Waals surface area contributed by atoms with Gasteiger partial charge in [0.15, 0.2) is 0 Å². The van der Waals surface area contributed by atoms with Crippen LogP contribution < -0.4 is 4.72 Å². The molecule has 0 atom stereocenters. The molecule has 0 saturated carbocycles. The van der Waals surface area contributed by atoms with Crippen molar-refractivity contribution in [2.24, 2.45) is 0 Å². The smallest absolute Gasteiger partial charge is 0.271 e. The molecule has 0 aliphatic carbocycles. The van der Waals surface area contributed by atoms with E-state index in [0.29, 0.717) is 4.88 Å². The molecule has 2 heterocycles. The molecule has 0 aliphatic rings. The Bertz CT molecular complexity index is 658. The molecule has 0 bridgehead atoms. The highest BCUT2D eigenvalue weighted by Crippen LogP contribution is 2.22. The lowest BCUT2D eigenvalue weighted by atomic mass is 10.5. The molecule has 0 radical (unpaired) electrons. The zero-order valence-corrected chi connectivity index (χ0v) is 9.99. The Morgan fingerprint density at radius 1 is 1.29 bits per heavy atom. The average Bonchev–Trinajstić information content (AvgIpc) is 2.79. The summed E-state index contributed by atoms with van der Waals surface area (Å²) in [4.78, 5) is 7.74. The highest BCUT2D eigenvalue weighted by Gasteiger charge is 2.17. The predicted octanol–water partition coefficient (Wildman–Crippen LogP) is 1.21. The lowest BCUT2D eigenvalue weighted by Gasteiger charge is -2.03. The van der Waals surface area contributed by atoms with Crippen LogP contribution in [0.5, 0.6) is 0 Å². The van der Waals surface area contributed by atoms with Gasteiger partial charge in [-0.15, -0.1) is 11.3 Å². The van der Waals surface area contributed by atoms with Crippen LogP contribution in [0.1, 0.15) is 4.88 Å². The van der Waals surface area contributed by atoms with E-state index in [9.17, 15) is 8.42 Å². The van der Waals surface area contributed by atoms with Crippen LogP contribution in [-0.4, -0.2) is 18.4 Å². The molecule has 0 fully saturated rings. The molecule has 0 saturated heterocycles. The lowest BCUT2D eigenvalue weighted by Crippen LogP contribution is -2.11. The first kappa shape index (κ1) is 11.5. The van der Waals surface area contributed by atoms with Gasteiger partial charge in [-0.2, -0.15) is 5.26 Å². The third-order valence-electron chi connectivity index (χ3n) is 1.77. The predicted molar refractivity (Wildman–Crippen MR) is 61.9 cm³/mol. The molecular formula is C9H6N4O2S2. The molecule has 0 aromatic carbocycles. The first-order valence-corrected chi connectivity index (χ1v) is 6.69. The Morgan fingerprint density at radius 3 is 2.59 bits per heavy atom. The summed E-state index contributed by atoms with van der Waals surface area (Å²) in [5.74, 6) is 0. The van der Waals surface area contributed by atoms with Crippen molar-refractivity contribution in [2.45, 2.75) is 4.21 Å². The van der Waals surface area contributed by atoms with Gasteiger partial charge in [0.1, 0.15) is 21.5 Å². The Hall–Kier alpha value is -1.98. The number of anilines is 1. The van der Waals surface area contributed by atoms with Crippen LogP contribution in [0.25, 0.3) is 0 Å². The molecule has 2 aromatic rings. The number of nitrogens with zero attached hydrogens (tertiary/aromatic N) is 3. The van der Waals surface area contributed by atoms with E-state index in [1.165, 1.54) is 30.9 Å². The fraction of sp³-hybridized carbons (Fsp3) is 0. The summed E-state index contributed by atoms with van der Waals surface area (Å²) >= 11 is 0.907. The zero-order valence-electron chi connectivity index (χ0n) is 8.36. The van der Waals surface area contributed by atoms with E-state index in [1.54, 1.807) is 0 Å². The van der Waals surface area contributed by atoms with Crippen molar-refractivity contribution in [2.75, 3.05) is 4.72 Å². The van der Waals surface area contributed by atoms with Gasteiger partial charge in [0.05, 0.1) is 18.1 Å². The van der Waals surface area contributed by atoms with Gasteiger partial charge in [-0.05, 0) is 12.1 Å². The van der Waals surface area contributed by atoms with E-state index in [4.69, 9.17) is 5.26 Å². The Kier molecular flexibility index (Phi) is 3.03. The van der Waals surface area contributed by atoms with E-state index in [1.807, 2.05) is 6.07 Å². The second-order valence-electron chi connectivity index (χ2n) is 2.96. The van der Waals surface area contributed by atoms with E-state index in [2.05, 4.69) is 14.7 Å². The van der Waals surface area contributed by atoms with Crippen LogP contribution in [-0.2, 0) is 10.0 Å². The monoisotopic (exact) mass is 266 g/mol. The number of hydrogen-bond acceptors (Lipinski definition) is 6. The maximum atomic E-state index is 11.9. The van der Waals surface area contributed by atoms with Gasteiger partial charge in [-0.25, -0.2) is 18.4 Å². The molecule has 86 valence electrons. The van der Waals surface area contributed by atoms with Crippen molar-refractivity contribution in [3.63, 3.8) is 0 Å². The molecule has 0 unspecified atom stereocenters. The Balaban J connectivity index is 2.29. The zero-order chi connectivity index (χ0) is 12.3. The largest absolute Gasteiger partial charge is 0.276 e. The molecule has 0 spiro atoms. The van der Waals surface area contributed by atoms with Gasteiger partial charge in [-0.1, -0.05) is 0 Å². The standard InChI is InChI=1S/C9H6N4O2S2/c10-3-8-1-2-9(16-8)17(14,15)13-7-4-11-6-12-5-7/h1-2,4-6,13H. The quantitative estimate of drug-likeness (QED) is 0.900. The van der Waals surface area contributed by atoms with Crippen LogP contribution in [0.2, 0.25) is 0 Å². The number of hydrogen-bond donors (Lipinski definition) is 1. The summed E-state index contributed by atoms with van der Waals surface area (Å²) in [6.45, 7) is 0. The second kappa shape index (κ2) is 4.48. The van der Waals surface area contributed by atoms with Crippen molar-refractivity contribution >= 4 is 27.0 Å². The van der Waals surface area contributed by atoms with Gasteiger partial charge < -0.3 is 0 Å². The van der Waals surface area contributed by atoms with Gasteiger partial charge in [0, 0.05) is 0 Å². The number of sulfonamides is 1. The van der Waals surface area contributed by atoms with E-state index < -0.39 is 10.0 Å². The molecule has 0 amide bonds. The highest BCUT2D eigenvalue weighted by atomic mass is 32.2. The van der Waals surface area contributed by atoms with Crippen LogP contribution >= 0.6 is 11.3 Å². The van der Waals surface area contributed by atoms with Crippen molar-refractivity contribution in [3.8, 4) is 6.07 Å². The summed E-state index contributed by atoms with van der Waals surface area (Å²) in [6.07, 6.45) is 4.00. The minimum Gasteiger partial charge on any atom is -0.276 e. The van der Waals surface area contributed by atoms with Crippen LogP contribution in [0.4, 0.5) is 5.69 Å². The first-order valence-electron chi connectivity index (χ1n) is 4.39. The summed E-state index contributed by atoms with van der Waals surface area (Å²) < 4.78 is 26.1. The molecule has 8 heteroatoms. The fourth-order valence-corrected chi connectivity index (χ4v) is 3.21. The van der Waals surface area contributed by atoms with Crippen LogP contribution in [0, 0.1) is 11.3 Å². The minimum atomic E-state index is -3.67. The Labute approximate surface area is 102 Å². The molecule has 0 aliphatic heterocycles. The SMILES string of the molecule is N#Cc1ccc(S(=O)(=O)Nc2cncnc2)s1. The summed E-state index contributed by atoms with van der Waals surface area (Å²) in [7, 11) is -3.67. The molecule has 2 rings (SSSR count). The maximum Gasteiger partial charge on any atom is 0.271 e. The van der Waals surface area contributed by atoms with E-state index in [-0.39, 0.29) is 9.90 Å². The van der Waals surface area contributed by atoms with Crippen molar-refractivity contribution < 1.29 is 8.42 Å². The summed E-state index contributed by atoms with van der Waals surface area (Å²) in [5.41, 5.74) is 0.277. The van der Waals surface area contributed by atoms with E-state index >= 15 is 0 Å². The van der Waals surface area contributed by atoms with Gasteiger partial charge >= 0.3 is 0 Å². The number of nitriles is 1. The molecule has 6 nitrogen and oxygen atoms in total. The fourth-order valence-electron chi connectivity index (χ4n) is 1.08. The maximum absolute atomic E-state index is 11.9. The molecular weight excluding hydrogens is 260 g/mol. The summed E-state index contributed by atoms with van der Waals surface area (Å²) in [6, 6.07) is 4.73. The van der Waals surface area contributed by atoms with Crippen molar-refractivity contribution in [3.05, 3.63) is 35.7 Å². The van der Waals surface area contributed by atoms with Crippen LogP contribution in [0.15, 0.2) is 35.1 Å². The molecule has 17 heavy (non-hydrogen) atoms. The number of thiophene rings is 1. The molecule has 1 N–H and O–H groups in total.